The van der Waals surface area contributed by atoms with Crippen LogP contribution in [0.15, 0.2) is 54.6 Å². The Morgan fingerprint density at radius 3 is 2.62 bits per heavy atom. The molecule has 1 amide bonds. The average molecular weight is 356 g/mol. The van der Waals surface area contributed by atoms with Gasteiger partial charge < -0.3 is 10.1 Å². The van der Waals surface area contributed by atoms with Gasteiger partial charge in [-0.2, -0.15) is 0 Å². The molecule has 1 saturated heterocycles. The van der Waals surface area contributed by atoms with E-state index in [9.17, 15) is 9.18 Å². The Morgan fingerprint density at radius 2 is 1.92 bits per heavy atom. The van der Waals surface area contributed by atoms with E-state index in [1.807, 2.05) is 6.07 Å². The fourth-order valence-electron chi connectivity index (χ4n) is 3.35. The molecule has 1 aliphatic heterocycles. The van der Waals surface area contributed by atoms with Crippen molar-refractivity contribution in [2.75, 3.05) is 13.2 Å². The molecule has 0 bridgehead atoms. The molecule has 0 aromatic heterocycles. The van der Waals surface area contributed by atoms with E-state index in [1.54, 1.807) is 0 Å². The molecule has 3 rings (SSSR count). The Morgan fingerprint density at radius 1 is 1.19 bits per heavy atom. The van der Waals surface area contributed by atoms with Gasteiger partial charge in [0.15, 0.2) is 6.61 Å². The lowest BCUT2D eigenvalue weighted by Gasteiger charge is -2.38. The van der Waals surface area contributed by atoms with E-state index in [0.29, 0.717) is 11.8 Å². The number of ether oxygens (including phenoxy) is 1. The summed E-state index contributed by atoms with van der Waals surface area (Å²) in [6, 6.07) is 16.7. The zero-order valence-corrected chi connectivity index (χ0v) is 15.0. The zero-order chi connectivity index (χ0) is 18.4. The second kappa shape index (κ2) is 8.81. The first-order valence-electron chi connectivity index (χ1n) is 9.06. The van der Waals surface area contributed by atoms with Crippen LogP contribution in [0, 0.1) is 5.82 Å². The molecular formula is C21H25FN2O2. The van der Waals surface area contributed by atoms with E-state index in [0.717, 1.165) is 25.9 Å². The first-order chi connectivity index (χ1) is 12.6. The maximum atomic E-state index is 12.9. The number of hydrogen-bond acceptors (Lipinski definition) is 3. The predicted octanol–water partition coefficient (Wildman–Crippen LogP) is 3.37. The number of amides is 1. The largest absolute Gasteiger partial charge is 0.484 e. The molecule has 2 atom stereocenters. The first-order valence-corrected chi connectivity index (χ1v) is 9.06. The molecule has 1 aliphatic rings. The molecule has 2 aromatic carbocycles. The highest BCUT2D eigenvalue weighted by molar-refractivity contribution is 5.77. The monoisotopic (exact) mass is 356 g/mol. The van der Waals surface area contributed by atoms with Crippen molar-refractivity contribution in [1.29, 1.82) is 0 Å². The van der Waals surface area contributed by atoms with Gasteiger partial charge in [0.1, 0.15) is 11.6 Å². The van der Waals surface area contributed by atoms with Crippen LogP contribution in [-0.2, 0) is 11.3 Å². The molecule has 0 saturated carbocycles. The van der Waals surface area contributed by atoms with Crippen molar-refractivity contribution < 1.29 is 13.9 Å². The van der Waals surface area contributed by atoms with E-state index in [2.05, 4.69) is 41.4 Å². The Hall–Kier alpha value is -2.40. The van der Waals surface area contributed by atoms with Crippen molar-refractivity contribution in [3.63, 3.8) is 0 Å². The summed E-state index contributed by atoms with van der Waals surface area (Å²) >= 11 is 0. The van der Waals surface area contributed by atoms with Crippen LogP contribution in [0.4, 0.5) is 4.39 Å². The van der Waals surface area contributed by atoms with Gasteiger partial charge >= 0.3 is 0 Å². The summed E-state index contributed by atoms with van der Waals surface area (Å²) in [4.78, 5) is 14.6. The van der Waals surface area contributed by atoms with E-state index < -0.39 is 0 Å². The molecule has 0 spiro atoms. The molecule has 5 heteroatoms. The van der Waals surface area contributed by atoms with Gasteiger partial charge in [-0.25, -0.2) is 4.39 Å². The van der Waals surface area contributed by atoms with Crippen LogP contribution in [0.1, 0.15) is 25.3 Å². The molecule has 1 fully saturated rings. The molecule has 0 radical (unpaired) electrons. The minimum atomic E-state index is -0.321. The third-order valence-corrected chi connectivity index (χ3v) is 4.79. The minimum Gasteiger partial charge on any atom is -0.484 e. The molecule has 1 N–H and O–H groups in total. The van der Waals surface area contributed by atoms with Crippen molar-refractivity contribution in [2.45, 2.75) is 38.4 Å². The number of carbonyl (C=O) groups excluding carboxylic acids is 1. The summed E-state index contributed by atoms with van der Waals surface area (Å²) in [5.74, 6) is 0.0358. The average Bonchev–Trinajstić information content (AvgIpc) is 2.64. The summed E-state index contributed by atoms with van der Waals surface area (Å²) in [5, 5.41) is 3.05. The van der Waals surface area contributed by atoms with Crippen molar-refractivity contribution in [3.8, 4) is 5.75 Å². The van der Waals surface area contributed by atoms with Crippen LogP contribution in [0.25, 0.3) is 0 Å². The minimum absolute atomic E-state index is 0.0513. The SMILES string of the molecule is C[C@H]1C[C@@H](NC(=O)COc2ccc(F)cc2)CCN1Cc1ccccc1. The highest BCUT2D eigenvalue weighted by Gasteiger charge is 2.26. The van der Waals surface area contributed by atoms with Crippen LogP contribution in [0.2, 0.25) is 0 Å². The number of benzene rings is 2. The number of nitrogens with one attached hydrogen (secondary N) is 1. The fraction of sp³-hybridized carbons (Fsp3) is 0.381. The molecule has 26 heavy (non-hydrogen) atoms. The summed E-state index contributed by atoms with van der Waals surface area (Å²) in [6.07, 6.45) is 1.86. The van der Waals surface area contributed by atoms with E-state index in [-0.39, 0.29) is 24.4 Å². The van der Waals surface area contributed by atoms with Crippen molar-refractivity contribution in [3.05, 3.63) is 66.0 Å². The van der Waals surface area contributed by atoms with E-state index in [4.69, 9.17) is 4.74 Å². The summed E-state index contributed by atoms with van der Waals surface area (Å²) in [7, 11) is 0. The van der Waals surface area contributed by atoms with Crippen LogP contribution in [0.3, 0.4) is 0 Å². The van der Waals surface area contributed by atoms with Gasteiger partial charge in [-0.15, -0.1) is 0 Å². The van der Waals surface area contributed by atoms with E-state index >= 15 is 0 Å². The van der Waals surface area contributed by atoms with Gasteiger partial charge in [0, 0.05) is 25.2 Å². The van der Waals surface area contributed by atoms with E-state index in [1.165, 1.54) is 29.8 Å². The zero-order valence-electron chi connectivity index (χ0n) is 15.0. The second-order valence-corrected chi connectivity index (χ2v) is 6.84. The lowest BCUT2D eigenvalue weighted by atomic mass is 9.97. The highest BCUT2D eigenvalue weighted by Crippen LogP contribution is 2.20. The lowest BCUT2D eigenvalue weighted by Crippen LogP contribution is -2.49. The molecule has 4 nitrogen and oxygen atoms in total. The Kier molecular flexibility index (Phi) is 6.23. The number of carbonyl (C=O) groups is 1. The van der Waals surface area contributed by atoms with Gasteiger partial charge in [0.25, 0.3) is 5.91 Å². The summed E-state index contributed by atoms with van der Waals surface area (Å²) in [6.45, 7) is 4.05. The molecule has 2 aromatic rings. The van der Waals surface area contributed by atoms with Gasteiger partial charge in [-0.1, -0.05) is 30.3 Å². The van der Waals surface area contributed by atoms with Crippen LogP contribution in [-0.4, -0.2) is 36.0 Å². The van der Waals surface area contributed by atoms with Crippen molar-refractivity contribution in [1.82, 2.24) is 10.2 Å². The van der Waals surface area contributed by atoms with Gasteiger partial charge in [0.05, 0.1) is 0 Å². The number of rotatable bonds is 6. The third kappa shape index (κ3) is 5.30. The maximum absolute atomic E-state index is 12.9. The van der Waals surface area contributed by atoms with Gasteiger partial charge in [-0.05, 0) is 49.6 Å². The molecular weight excluding hydrogens is 331 g/mol. The molecule has 0 aliphatic carbocycles. The Labute approximate surface area is 154 Å². The first kappa shape index (κ1) is 18.4. The number of halogens is 1. The number of likely N-dealkylation sites (tertiary alicyclic amines) is 1. The fourth-order valence-corrected chi connectivity index (χ4v) is 3.35. The number of piperidine rings is 1. The second-order valence-electron chi connectivity index (χ2n) is 6.84. The Bertz CT molecular complexity index is 706. The smallest absolute Gasteiger partial charge is 0.258 e. The maximum Gasteiger partial charge on any atom is 0.258 e. The molecule has 138 valence electrons. The topological polar surface area (TPSA) is 41.6 Å². The quantitative estimate of drug-likeness (QED) is 0.863. The predicted molar refractivity (Wildman–Crippen MR) is 99.4 cm³/mol. The molecule has 1 heterocycles. The van der Waals surface area contributed by atoms with Crippen molar-refractivity contribution in [2.24, 2.45) is 0 Å². The van der Waals surface area contributed by atoms with Gasteiger partial charge in [-0.3, -0.25) is 9.69 Å². The highest BCUT2D eigenvalue weighted by atomic mass is 19.1. The molecule has 0 unspecified atom stereocenters. The summed E-state index contributed by atoms with van der Waals surface area (Å²) in [5.41, 5.74) is 1.31. The Balaban J connectivity index is 1.42. The van der Waals surface area contributed by atoms with Crippen molar-refractivity contribution >= 4 is 5.91 Å². The van der Waals surface area contributed by atoms with Gasteiger partial charge in [0.2, 0.25) is 0 Å². The third-order valence-electron chi connectivity index (χ3n) is 4.79. The standard InChI is InChI=1S/C21H25FN2O2/c1-16-13-19(11-12-24(16)14-17-5-3-2-4-6-17)23-21(25)15-26-20-9-7-18(22)8-10-20/h2-10,16,19H,11-15H2,1H3,(H,23,25)/t16-,19-/m0/s1. The summed E-state index contributed by atoms with van der Waals surface area (Å²) < 4.78 is 18.3. The number of nitrogens with zero attached hydrogens (tertiary/aromatic N) is 1. The normalized spacial score (nSPS) is 20.5. The van der Waals surface area contributed by atoms with Crippen LogP contribution in [0.5, 0.6) is 5.75 Å². The lowest BCUT2D eigenvalue weighted by molar-refractivity contribution is -0.124. The number of hydrogen-bond donors (Lipinski definition) is 1. The van der Waals surface area contributed by atoms with Crippen LogP contribution < -0.4 is 10.1 Å². The van der Waals surface area contributed by atoms with Crippen LogP contribution >= 0.6 is 0 Å².